The maximum atomic E-state index is 12.5. The fourth-order valence-corrected chi connectivity index (χ4v) is 3.30. The van der Waals surface area contributed by atoms with E-state index in [1.54, 1.807) is 23.1 Å². The van der Waals surface area contributed by atoms with Crippen LogP contribution in [-0.4, -0.2) is 75.7 Å². The molecule has 0 aliphatic carbocycles. The van der Waals surface area contributed by atoms with Gasteiger partial charge < -0.3 is 33.6 Å². The van der Waals surface area contributed by atoms with E-state index in [-0.39, 0.29) is 42.9 Å². The molecule has 1 N–H and O–H groups in total. The normalized spacial score (nSPS) is 15.7. The Bertz CT molecular complexity index is 957. The summed E-state index contributed by atoms with van der Waals surface area (Å²) in [4.78, 5) is 38.1. The van der Waals surface area contributed by atoms with E-state index < -0.39 is 12.0 Å². The molecule has 1 saturated heterocycles. The van der Waals surface area contributed by atoms with E-state index in [2.05, 4.69) is 5.32 Å². The molecule has 2 aromatic rings. The summed E-state index contributed by atoms with van der Waals surface area (Å²) in [5, 5.41) is 2.54. The van der Waals surface area contributed by atoms with Gasteiger partial charge in [0.25, 0.3) is 5.91 Å². The number of Topliss-reactive ketones (excluding diaryl/α,β-unsaturated/α-hetero) is 1. The summed E-state index contributed by atoms with van der Waals surface area (Å²) in [6, 6.07) is 6.36. The lowest BCUT2D eigenvalue weighted by Gasteiger charge is -2.33. The molecule has 0 saturated carbocycles. The number of furan rings is 1. The fourth-order valence-electron chi connectivity index (χ4n) is 3.30. The number of morpholine rings is 1. The van der Waals surface area contributed by atoms with Gasteiger partial charge in [0, 0.05) is 6.54 Å². The molecule has 1 aromatic heterocycles. The van der Waals surface area contributed by atoms with Crippen molar-refractivity contribution in [2.45, 2.75) is 13.0 Å². The maximum absolute atomic E-state index is 12.5. The van der Waals surface area contributed by atoms with Crippen LogP contribution in [-0.2, 0) is 9.53 Å². The van der Waals surface area contributed by atoms with Crippen LogP contribution in [0.2, 0.25) is 0 Å². The summed E-state index contributed by atoms with van der Waals surface area (Å²) < 4.78 is 27.3. The van der Waals surface area contributed by atoms with Gasteiger partial charge in [0.15, 0.2) is 23.0 Å². The van der Waals surface area contributed by atoms with Crippen LogP contribution in [0.4, 0.5) is 0 Å². The van der Waals surface area contributed by atoms with E-state index in [4.69, 9.17) is 23.4 Å². The molecule has 0 radical (unpaired) electrons. The average Bonchev–Trinajstić information content (AvgIpc) is 3.35. The molecule has 1 aromatic carbocycles. The zero-order chi connectivity index (χ0) is 23.1. The van der Waals surface area contributed by atoms with Gasteiger partial charge in [0.2, 0.25) is 11.7 Å². The summed E-state index contributed by atoms with van der Waals surface area (Å²) in [7, 11) is 2.95. The lowest BCUT2D eigenvalue weighted by atomic mass is 10.1. The van der Waals surface area contributed by atoms with Crippen LogP contribution in [0.5, 0.6) is 17.2 Å². The number of ether oxygens (including phenoxy) is 4. The first-order valence-corrected chi connectivity index (χ1v) is 10.0. The number of carbonyl (C=O) groups excluding carboxylic acids is 3. The molecule has 32 heavy (non-hydrogen) atoms. The highest BCUT2D eigenvalue weighted by Crippen LogP contribution is 2.40. The predicted molar refractivity (Wildman–Crippen MR) is 112 cm³/mol. The van der Waals surface area contributed by atoms with Crippen molar-refractivity contribution in [1.82, 2.24) is 10.2 Å². The second kappa shape index (κ2) is 10.7. The molecule has 1 atom stereocenters. The monoisotopic (exact) mass is 446 g/mol. The zero-order valence-electron chi connectivity index (χ0n) is 18.2. The number of amides is 2. The number of hydrogen-bond donors (Lipinski definition) is 1. The van der Waals surface area contributed by atoms with E-state index in [1.807, 2.05) is 0 Å². The van der Waals surface area contributed by atoms with Crippen molar-refractivity contribution in [1.29, 1.82) is 0 Å². The summed E-state index contributed by atoms with van der Waals surface area (Å²) >= 11 is 0. The Labute approximate surface area is 185 Å². The number of carbonyl (C=O) groups is 3. The van der Waals surface area contributed by atoms with Crippen LogP contribution in [0.3, 0.4) is 0 Å². The highest BCUT2D eigenvalue weighted by Gasteiger charge is 2.27. The van der Waals surface area contributed by atoms with E-state index in [1.165, 1.54) is 33.5 Å². The van der Waals surface area contributed by atoms with Gasteiger partial charge in [-0.25, -0.2) is 0 Å². The van der Waals surface area contributed by atoms with E-state index in [0.29, 0.717) is 30.2 Å². The minimum atomic E-state index is -0.460. The molecule has 10 heteroatoms. The summed E-state index contributed by atoms with van der Waals surface area (Å²) in [6.45, 7) is 2.35. The van der Waals surface area contributed by atoms with Gasteiger partial charge in [-0.2, -0.15) is 0 Å². The molecule has 3 rings (SSSR count). The molecule has 172 valence electrons. The number of hydrogen-bond acceptors (Lipinski definition) is 8. The summed E-state index contributed by atoms with van der Waals surface area (Å²) in [6.07, 6.45) is 0.960. The second-order valence-electron chi connectivity index (χ2n) is 7.04. The van der Waals surface area contributed by atoms with E-state index in [9.17, 15) is 14.4 Å². The van der Waals surface area contributed by atoms with Gasteiger partial charge in [0.05, 0.1) is 45.7 Å². The van der Waals surface area contributed by atoms with Crippen molar-refractivity contribution in [3.8, 4) is 17.2 Å². The molecule has 1 aliphatic rings. The van der Waals surface area contributed by atoms with Gasteiger partial charge >= 0.3 is 0 Å². The maximum Gasteiger partial charge on any atom is 0.287 e. The molecule has 1 unspecified atom stereocenters. The molecule has 2 amide bonds. The van der Waals surface area contributed by atoms with Crippen molar-refractivity contribution in [2.75, 3.05) is 47.1 Å². The van der Waals surface area contributed by atoms with Crippen molar-refractivity contribution in [3.63, 3.8) is 0 Å². The molecule has 0 bridgehead atoms. The van der Waals surface area contributed by atoms with E-state index in [0.717, 1.165) is 0 Å². The van der Waals surface area contributed by atoms with Gasteiger partial charge in [0.1, 0.15) is 12.7 Å². The highest BCUT2D eigenvalue weighted by molar-refractivity contribution is 5.98. The SMILES string of the molecule is COc1ccc(C(C)=O)c(OCC2CN(C(=O)CNC(=O)c3ccco3)CCO2)c1OC. The number of methoxy groups -OCH3 is 2. The van der Waals surface area contributed by atoms with Crippen molar-refractivity contribution in [3.05, 3.63) is 41.9 Å². The largest absolute Gasteiger partial charge is 0.493 e. The number of ketones is 1. The molecule has 2 heterocycles. The zero-order valence-corrected chi connectivity index (χ0v) is 18.2. The lowest BCUT2D eigenvalue weighted by molar-refractivity contribution is -0.138. The van der Waals surface area contributed by atoms with Gasteiger partial charge in [-0.05, 0) is 31.2 Å². The quantitative estimate of drug-likeness (QED) is 0.577. The van der Waals surface area contributed by atoms with Crippen LogP contribution >= 0.6 is 0 Å². The lowest BCUT2D eigenvalue weighted by Crippen LogP contribution is -2.50. The highest BCUT2D eigenvalue weighted by atomic mass is 16.6. The molecular formula is C22H26N2O8. The van der Waals surface area contributed by atoms with Gasteiger partial charge in [-0.1, -0.05) is 0 Å². The van der Waals surface area contributed by atoms with Crippen molar-refractivity contribution >= 4 is 17.6 Å². The molecular weight excluding hydrogens is 420 g/mol. The van der Waals surface area contributed by atoms with Gasteiger partial charge in [-0.15, -0.1) is 0 Å². The Morgan fingerprint density at radius 3 is 2.62 bits per heavy atom. The molecule has 0 spiro atoms. The first-order chi connectivity index (χ1) is 15.4. The molecule has 10 nitrogen and oxygen atoms in total. The minimum absolute atomic E-state index is 0.0896. The standard InChI is InChI=1S/C22H26N2O8/c1-14(25)16-6-7-17(28-2)21(29-3)20(16)32-13-15-12-24(8-10-30-15)19(26)11-23-22(27)18-5-4-9-31-18/h4-7,9,15H,8,10-13H2,1-3H3,(H,23,27). The Morgan fingerprint density at radius 2 is 1.97 bits per heavy atom. The van der Waals surface area contributed by atoms with Crippen LogP contribution in [0, 0.1) is 0 Å². The minimum Gasteiger partial charge on any atom is -0.493 e. The smallest absolute Gasteiger partial charge is 0.287 e. The fraction of sp³-hybridized carbons (Fsp3) is 0.409. The average molecular weight is 446 g/mol. The third-order valence-electron chi connectivity index (χ3n) is 4.93. The third-order valence-corrected chi connectivity index (χ3v) is 4.93. The first kappa shape index (κ1) is 23.1. The Balaban J connectivity index is 1.60. The van der Waals surface area contributed by atoms with Crippen molar-refractivity contribution in [2.24, 2.45) is 0 Å². The Morgan fingerprint density at radius 1 is 1.16 bits per heavy atom. The topological polar surface area (TPSA) is 117 Å². The Hall–Kier alpha value is -3.53. The summed E-state index contributed by atoms with van der Waals surface area (Å²) in [5.41, 5.74) is 0.354. The first-order valence-electron chi connectivity index (χ1n) is 10.0. The molecule has 1 fully saturated rings. The number of rotatable bonds is 9. The van der Waals surface area contributed by atoms with Gasteiger partial charge in [-0.3, -0.25) is 14.4 Å². The predicted octanol–water partition coefficient (Wildman–Crippen LogP) is 1.54. The van der Waals surface area contributed by atoms with Crippen LogP contribution in [0.1, 0.15) is 27.8 Å². The van der Waals surface area contributed by atoms with Crippen LogP contribution < -0.4 is 19.5 Å². The van der Waals surface area contributed by atoms with Crippen molar-refractivity contribution < 1.29 is 37.7 Å². The third kappa shape index (κ3) is 5.38. The van der Waals surface area contributed by atoms with Crippen LogP contribution in [0.25, 0.3) is 0 Å². The number of nitrogens with one attached hydrogen (secondary N) is 1. The Kier molecular flexibility index (Phi) is 7.72. The number of nitrogens with zero attached hydrogens (tertiary/aromatic N) is 1. The second-order valence-corrected chi connectivity index (χ2v) is 7.04. The number of benzene rings is 1. The summed E-state index contributed by atoms with van der Waals surface area (Å²) in [5.74, 6) is 0.247. The molecule has 1 aliphatic heterocycles. The van der Waals surface area contributed by atoms with Crippen LogP contribution in [0.15, 0.2) is 34.9 Å². The van der Waals surface area contributed by atoms with E-state index >= 15 is 0 Å².